The van der Waals surface area contributed by atoms with Crippen molar-refractivity contribution in [3.8, 4) is 11.5 Å². The fourth-order valence-electron chi connectivity index (χ4n) is 2.56. The molecule has 1 saturated heterocycles. The molecule has 0 spiro atoms. The van der Waals surface area contributed by atoms with Gasteiger partial charge in [-0.1, -0.05) is 0 Å². The Labute approximate surface area is 139 Å². The Morgan fingerprint density at radius 3 is 2.35 bits per heavy atom. The van der Waals surface area contributed by atoms with Crippen LogP contribution in [0.25, 0.3) is 0 Å². The van der Waals surface area contributed by atoms with Crippen LogP contribution in [0.1, 0.15) is 46.4 Å². The van der Waals surface area contributed by atoms with Gasteiger partial charge in [0.2, 0.25) is 6.75 Å². The van der Waals surface area contributed by atoms with Gasteiger partial charge in [0.1, 0.15) is 8.30 Å². The van der Waals surface area contributed by atoms with Gasteiger partial charge in [0.25, 0.3) is 0 Å². The Morgan fingerprint density at radius 2 is 1.78 bits per heavy atom. The predicted octanol–water partition coefficient (Wildman–Crippen LogP) is 1.81. The average molecular weight is 322 g/mol. The first-order valence-electron chi connectivity index (χ1n) is 8.38. The monoisotopic (exact) mass is 322 g/mol. The van der Waals surface area contributed by atoms with E-state index in [-0.39, 0.29) is 17.1 Å². The Bertz CT molecular complexity index is 731. The number of fused-ring (bicyclic) bond motifs is 1. The number of benzene rings is 1. The maximum absolute atomic E-state index is 12.2. The van der Waals surface area contributed by atoms with Crippen molar-refractivity contribution in [2.75, 3.05) is 13.9 Å². The fourth-order valence-corrected chi connectivity index (χ4v) is 2.56. The second-order valence-corrected chi connectivity index (χ2v) is 6.66. The van der Waals surface area contributed by atoms with Crippen molar-refractivity contribution in [2.45, 2.75) is 45.8 Å². The number of methoxy groups -OCH3 is 1. The third-order valence-electron chi connectivity index (χ3n) is 4.72. The molecule has 1 fully saturated rings. The van der Waals surface area contributed by atoms with Crippen LogP contribution in [0.5, 0.6) is 11.5 Å². The zero-order valence-electron chi connectivity index (χ0n) is 16.1. The highest BCUT2D eigenvalue weighted by Crippen LogP contribution is 2.41. The number of hydrogen-bond acceptors (Lipinski definition) is 6. The minimum Gasteiger partial charge on any atom is -0.465 e. The fraction of sp³-hybridized carbons (Fsp3) is 0.562. The van der Waals surface area contributed by atoms with Crippen molar-refractivity contribution in [3.05, 3.63) is 17.2 Å². The molecule has 2 heterocycles. The van der Waals surface area contributed by atoms with Crippen molar-refractivity contribution >= 4 is 18.6 Å². The van der Waals surface area contributed by atoms with E-state index in [0.29, 0.717) is 11.0 Å². The van der Waals surface area contributed by atoms with Crippen LogP contribution in [0.15, 0.2) is 6.07 Å². The molecule has 1 aromatic carbocycles. The first kappa shape index (κ1) is 13.7. The summed E-state index contributed by atoms with van der Waals surface area (Å²) in [5.74, 6) is -0.484. The molecule has 2 aliphatic rings. The zero-order valence-corrected chi connectivity index (χ0v) is 14.1. The van der Waals surface area contributed by atoms with E-state index in [2.05, 4.69) is 0 Å². The van der Waals surface area contributed by atoms with Crippen LogP contribution >= 0.6 is 0 Å². The van der Waals surface area contributed by atoms with Crippen LogP contribution in [-0.4, -0.2) is 38.1 Å². The third kappa shape index (κ3) is 2.39. The lowest BCUT2D eigenvalue weighted by atomic mass is 9.75. The molecular formula is C16H21BO6. The van der Waals surface area contributed by atoms with E-state index in [1.807, 2.05) is 27.7 Å². The molecule has 0 N–H and O–H groups in total. The SMILES string of the molecule is [2H]C1([2H])Oc2c(C(=O)OC)cc(B3OC(C)(C)C(C)(C)O3)c(C)c2O1. The lowest BCUT2D eigenvalue weighted by Gasteiger charge is -2.32. The first-order chi connectivity index (χ1) is 11.4. The second kappa shape index (κ2) is 5.14. The molecular weight excluding hydrogens is 299 g/mol. The Kier molecular flexibility index (Phi) is 3.06. The molecule has 7 heteroatoms. The summed E-state index contributed by atoms with van der Waals surface area (Å²) in [6.45, 7) is 7.09. The van der Waals surface area contributed by atoms with Crippen LogP contribution < -0.4 is 14.9 Å². The van der Waals surface area contributed by atoms with Gasteiger partial charge in [-0.2, -0.15) is 0 Å². The van der Waals surface area contributed by atoms with Crippen LogP contribution in [0, 0.1) is 6.92 Å². The van der Waals surface area contributed by atoms with Gasteiger partial charge < -0.3 is 23.5 Å². The molecule has 3 rings (SSSR count). The van der Waals surface area contributed by atoms with E-state index in [0.717, 1.165) is 0 Å². The molecule has 0 atom stereocenters. The van der Waals surface area contributed by atoms with Crippen LogP contribution in [-0.2, 0) is 14.0 Å². The molecule has 2 aliphatic heterocycles. The van der Waals surface area contributed by atoms with Gasteiger partial charge in [-0.15, -0.1) is 0 Å². The summed E-state index contributed by atoms with van der Waals surface area (Å²) in [4.78, 5) is 12.2. The summed E-state index contributed by atoms with van der Waals surface area (Å²) in [6, 6.07) is 1.55. The summed E-state index contributed by atoms with van der Waals surface area (Å²) in [6.07, 6.45) is 0. The third-order valence-corrected chi connectivity index (χ3v) is 4.72. The van der Waals surface area contributed by atoms with Gasteiger partial charge in [-0.3, -0.25) is 0 Å². The lowest BCUT2D eigenvalue weighted by Crippen LogP contribution is -2.41. The normalized spacial score (nSPS) is 24.2. The molecule has 0 aromatic heterocycles. The van der Waals surface area contributed by atoms with Crippen LogP contribution in [0.2, 0.25) is 0 Å². The average Bonchev–Trinajstić information content (AvgIpc) is 2.91. The van der Waals surface area contributed by atoms with E-state index in [4.69, 9.17) is 26.3 Å². The summed E-state index contributed by atoms with van der Waals surface area (Å²) in [5, 5.41) is 0. The second-order valence-electron chi connectivity index (χ2n) is 6.66. The zero-order chi connectivity index (χ0) is 18.8. The van der Waals surface area contributed by atoms with Gasteiger partial charge in [-0.05, 0) is 51.7 Å². The molecule has 0 saturated carbocycles. The molecule has 0 bridgehead atoms. The number of esters is 1. The van der Waals surface area contributed by atoms with Crippen molar-refractivity contribution in [3.63, 3.8) is 0 Å². The van der Waals surface area contributed by atoms with Gasteiger partial charge in [0.05, 0.1) is 18.3 Å². The molecule has 1 aromatic rings. The molecule has 0 amide bonds. The highest BCUT2D eigenvalue weighted by atomic mass is 16.7. The van der Waals surface area contributed by atoms with Crippen molar-refractivity contribution < 1.29 is 31.1 Å². The van der Waals surface area contributed by atoms with E-state index < -0.39 is 31.0 Å². The molecule has 23 heavy (non-hydrogen) atoms. The van der Waals surface area contributed by atoms with Gasteiger partial charge in [-0.25, -0.2) is 4.79 Å². The summed E-state index contributed by atoms with van der Waals surface area (Å²) < 4.78 is 42.7. The molecule has 0 aliphatic carbocycles. The van der Waals surface area contributed by atoms with E-state index in [9.17, 15) is 4.79 Å². The summed E-state index contributed by atoms with van der Waals surface area (Å²) in [7, 11) is 0.516. The topological polar surface area (TPSA) is 63.2 Å². The summed E-state index contributed by atoms with van der Waals surface area (Å²) >= 11 is 0. The number of hydrogen-bond donors (Lipinski definition) is 0. The number of carbonyl (C=O) groups excluding carboxylic acids is 1. The number of carbonyl (C=O) groups is 1. The van der Waals surface area contributed by atoms with Crippen molar-refractivity contribution in [1.29, 1.82) is 0 Å². The Morgan fingerprint density at radius 1 is 1.22 bits per heavy atom. The molecule has 0 radical (unpaired) electrons. The lowest BCUT2D eigenvalue weighted by molar-refractivity contribution is 0.00578. The van der Waals surface area contributed by atoms with E-state index in [1.165, 1.54) is 7.11 Å². The van der Waals surface area contributed by atoms with Crippen molar-refractivity contribution in [1.82, 2.24) is 0 Å². The molecule has 6 nitrogen and oxygen atoms in total. The number of rotatable bonds is 2. The highest BCUT2D eigenvalue weighted by Gasteiger charge is 2.52. The first-order valence-corrected chi connectivity index (χ1v) is 7.38. The predicted molar refractivity (Wildman–Crippen MR) is 84.4 cm³/mol. The van der Waals surface area contributed by atoms with Crippen LogP contribution in [0.4, 0.5) is 0 Å². The molecule has 124 valence electrons. The minimum absolute atomic E-state index is 0.0228. The molecule has 0 unspecified atom stereocenters. The summed E-state index contributed by atoms with van der Waals surface area (Å²) in [5.41, 5.74) is 0.108. The standard InChI is InChI=1S/C16H21BO6/c1-9-11(17-22-15(2,3)16(4,5)23-17)7-10(14(18)19-6)13-12(9)20-8-21-13/h7H,8H2,1-6H3/i8D2. The maximum atomic E-state index is 12.2. The quantitative estimate of drug-likeness (QED) is 0.611. The number of ether oxygens (including phenoxy) is 3. The Hall–Kier alpha value is -1.73. The van der Waals surface area contributed by atoms with E-state index >= 15 is 0 Å². The smallest absolute Gasteiger partial charge is 0.465 e. The van der Waals surface area contributed by atoms with Crippen molar-refractivity contribution in [2.24, 2.45) is 0 Å². The minimum atomic E-state index is -2.36. The van der Waals surface area contributed by atoms with Gasteiger partial charge in [0.15, 0.2) is 11.5 Å². The van der Waals surface area contributed by atoms with Crippen LogP contribution in [0.3, 0.4) is 0 Å². The van der Waals surface area contributed by atoms with Gasteiger partial charge in [0, 0.05) is 0 Å². The maximum Gasteiger partial charge on any atom is 0.495 e. The largest absolute Gasteiger partial charge is 0.495 e. The highest BCUT2D eigenvalue weighted by molar-refractivity contribution is 6.63. The van der Waals surface area contributed by atoms with E-state index in [1.54, 1.807) is 13.0 Å². The van der Waals surface area contributed by atoms with Gasteiger partial charge >= 0.3 is 13.1 Å². The Balaban J connectivity index is 2.13.